The fraction of sp³-hybridized carbons (Fsp3) is 0.600. The first kappa shape index (κ1) is 13.4. The third kappa shape index (κ3) is 3.24. The van der Waals surface area contributed by atoms with E-state index < -0.39 is 0 Å². The molecule has 2 rings (SSSR count). The van der Waals surface area contributed by atoms with Gasteiger partial charge in [0, 0.05) is 24.7 Å². The Labute approximate surface area is 110 Å². The second kappa shape index (κ2) is 6.21. The number of anilines is 1. The highest BCUT2D eigenvalue weighted by molar-refractivity contribution is 5.46. The standard InChI is InChI=1S/C15H24N2O/c1-2-8-17-9-7-15(18)13(11-17)10-12-5-3-4-6-14(12)16/h3-6,13,15,18H,2,7-11,16H2,1H3. The number of hydrogen-bond acceptors (Lipinski definition) is 3. The molecule has 2 unspecified atom stereocenters. The van der Waals surface area contributed by atoms with E-state index in [1.54, 1.807) is 0 Å². The maximum Gasteiger partial charge on any atom is 0.0596 e. The van der Waals surface area contributed by atoms with Gasteiger partial charge in [0.15, 0.2) is 0 Å². The van der Waals surface area contributed by atoms with E-state index >= 15 is 0 Å². The zero-order chi connectivity index (χ0) is 13.0. The molecule has 3 nitrogen and oxygen atoms in total. The van der Waals surface area contributed by atoms with E-state index in [2.05, 4.69) is 17.9 Å². The zero-order valence-corrected chi connectivity index (χ0v) is 11.2. The van der Waals surface area contributed by atoms with Crippen LogP contribution in [-0.2, 0) is 6.42 Å². The molecule has 0 bridgehead atoms. The lowest BCUT2D eigenvalue weighted by Crippen LogP contribution is -2.44. The molecule has 0 saturated carbocycles. The molecule has 1 aromatic carbocycles. The van der Waals surface area contributed by atoms with Gasteiger partial charge in [0.25, 0.3) is 0 Å². The van der Waals surface area contributed by atoms with Gasteiger partial charge in [0.2, 0.25) is 0 Å². The van der Waals surface area contributed by atoms with E-state index in [0.29, 0.717) is 5.92 Å². The summed E-state index contributed by atoms with van der Waals surface area (Å²) in [7, 11) is 0. The number of aliphatic hydroxyl groups excluding tert-OH is 1. The number of benzene rings is 1. The lowest BCUT2D eigenvalue weighted by atomic mass is 9.88. The molecule has 1 aromatic rings. The van der Waals surface area contributed by atoms with Crippen LogP contribution in [0.1, 0.15) is 25.3 Å². The Balaban J connectivity index is 2.00. The van der Waals surface area contributed by atoms with Crippen LogP contribution in [0.3, 0.4) is 0 Å². The summed E-state index contributed by atoms with van der Waals surface area (Å²) < 4.78 is 0. The number of aliphatic hydroxyl groups is 1. The first-order valence-corrected chi connectivity index (χ1v) is 6.94. The fourth-order valence-electron chi connectivity index (χ4n) is 2.82. The highest BCUT2D eigenvalue weighted by Crippen LogP contribution is 2.24. The Bertz CT molecular complexity index is 381. The molecule has 0 spiro atoms. The second-order valence-corrected chi connectivity index (χ2v) is 5.32. The van der Waals surface area contributed by atoms with Gasteiger partial charge in [0.1, 0.15) is 0 Å². The van der Waals surface area contributed by atoms with E-state index in [1.165, 1.54) is 12.0 Å². The molecule has 1 heterocycles. The van der Waals surface area contributed by atoms with E-state index in [1.807, 2.05) is 18.2 Å². The van der Waals surface area contributed by atoms with Gasteiger partial charge < -0.3 is 15.7 Å². The van der Waals surface area contributed by atoms with Gasteiger partial charge in [0.05, 0.1) is 6.10 Å². The van der Waals surface area contributed by atoms with Crippen molar-refractivity contribution >= 4 is 5.69 Å². The van der Waals surface area contributed by atoms with E-state index in [9.17, 15) is 5.11 Å². The van der Waals surface area contributed by atoms with E-state index in [0.717, 1.165) is 38.2 Å². The van der Waals surface area contributed by atoms with Gasteiger partial charge in [-0.3, -0.25) is 0 Å². The molecule has 1 aliphatic heterocycles. The summed E-state index contributed by atoms with van der Waals surface area (Å²) in [5.74, 6) is 0.315. The minimum absolute atomic E-state index is 0.183. The van der Waals surface area contributed by atoms with Gasteiger partial charge in [-0.1, -0.05) is 25.1 Å². The van der Waals surface area contributed by atoms with E-state index in [-0.39, 0.29) is 6.10 Å². The highest BCUT2D eigenvalue weighted by Gasteiger charge is 2.27. The average molecular weight is 248 g/mol. The molecule has 0 radical (unpaired) electrons. The molecule has 0 aromatic heterocycles. The van der Waals surface area contributed by atoms with Crippen LogP contribution in [0.4, 0.5) is 5.69 Å². The summed E-state index contributed by atoms with van der Waals surface area (Å²) in [5.41, 5.74) is 7.99. The largest absolute Gasteiger partial charge is 0.399 e. The topological polar surface area (TPSA) is 49.5 Å². The first-order valence-electron chi connectivity index (χ1n) is 6.94. The SMILES string of the molecule is CCCN1CCC(O)C(Cc2ccccc2N)C1. The van der Waals surface area contributed by atoms with Crippen molar-refractivity contribution in [3.63, 3.8) is 0 Å². The Morgan fingerprint density at radius 2 is 2.17 bits per heavy atom. The van der Waals surface area contributed by atoms with Gasteiger partial charge in [-0.2, -0.15) is 0 Å². The minimum Gasteiger partial charge on any atom is -0.399 e. The summed E-state index contributed by atoms with van der Waals surface area (Å²) in [4.78, 5) is 2.45. The maximum atomic E-state index is 10.1. The van der Waals surface area contributed by atoms with Gasteiger partial charge in [-0.15, -0.1) is 0 Å². The molecule has 1 saturated heterocycles. The number of para-hydroxylation sites is 1. The second-order valence-electron chi connectivity index (χ2n) is 5.32. The summed E-state index contributed by atoms with van der Waals surface area (Å²) in [6.07, 6.45) is 2.76. The molecular weight excluding hydrogens is 224 g/mol. The van der Waals surface area contributed by atoms with Crippen LogP contribution in [0.2, 0.25) is 0 Å². The molecule has 1 aliphatic rings. The number of likely N-dealkylation sites (tertiary alicyclic amines) is 1. The molecule has 0 amide bonds. The minimum atomic E-state index is -0.183. The van der Waals surface area contributed by atoms with Crippen molar-refractivity contribution in [2.24, 2.45) is 5.92 Å². The highest BCUT2D eigenvalue weighted by atomic mass is 16.3. The molecular formula is C15H24N2O. The molecule has 18 heavy (non-hydrogen) atoms. The average Bonchev–Trinajstić information content (AvgIpc) is 2.36. The Hall–Kier alpha value is -1.06. The predicted molar refractivity (Wildman–Crippen MR) is 75.4 cm³/mol. The summed E-state index contributed by atoms with van der Waals surface area (Å²) >= 11 is 0. The number of nitrogen functional groups attached to an aromatic ring is 1. The third-order valence-corrected chi connectivity index (χ3v) is 3.85. The molecule has 3 N–H and O–H groups in total. The monoisotopic (exact) mass is 248 g/mol. The number of nitrogens with zero attached hydrogens (tertiary/aromatic N) is 1. The normalized spacial score (nSPS) is 25.2. The van der Waals surface area contributed by atoms with Crippen LogP contribution in [0.25, 0.3) is 0 Å². The predicted octanol–water partition coefficient (Wildman–Crippen LogP) is 1.90. The van der Waals surface area contributed by atoms with Crippen molar-refractivity contribution in [2.75, 3.05) is 25.4 Å². The zero-order valence-electron chi connectivity index (χ0n) is 11.2. The maximum absolute atomic E-state index is 10.1. The quantitative estimate of drug-likeness (QED) is 0.800. The van der Waals surface area contributed by atoms with Crippen molar-refractivity contribution in [1.82, 2.24) is 4.90 Å². The Morgan fingerprint density at radius 3 is 2.89 bits per heavy atom. The molecule has 100 valence electrons. The van der Waals surface area contributed by atoms with Crippen LogP contribution in [0.15, 0.2) is 24.3 Å². The Morgan fingerprint density at radius 1 is 1.39 bits per heavy atom. The number of hydrogen-bond donors (Lipinski definition) is 2. The van der Waals surface area contributed by atoms with Crippen LogP contribution in [-0.4, -0.2) is 35.7 Å². The van der Waals surface area contributed by atoms with Crippen molar-refractivity contribution < 1.29 is 5.11 Å². The van der Waals surface area contributed by atoms with Crippen molar-refractivity contribution in [1.29, 1.82) is 0 Å². The lowest BCUT2D eigenvalue weighted by Gasteiger charge is -2.36. The molecule has 0 aliphatic carbocycles. The number of nitrogens with two attached hydrogens (primary N) is 1. The third-order valence-electron chi connectivity index (χ3n) is 3.85. The lowest BCUT2D eigenvalue weighted by molar-refractivity contribution is 0.0271. The Kier molecular flexibility index (Phi) is 4.61. The molecule has 2 atom stereocenters. The summed E-state index contributed by atoms with van der Waals surface area (Å²) in [6.45, 7) is 5.35. The smallest absolute Gasteiger partial charge is 0.0596 e. The van der Waals surface area contributed by atoms with Gasteiger partial charge in [-0.25, -0.2) is 0 Å². The summed E-state index contributed by atoms with van der Waals surface area (Å²) in [5, 5.41) is 10.1. The van der Waals surface area contributed by atoms with Crippen molar-refractivity contribution in [3.8, 4) is 0 Å². The van der Waals surface area contributed by atoms with Crippen LogP contribution in [0, 0.1) is 5.92 Å². The fourth-order valence-corrected chi connectivity index (χ4v) is 2.82. The van der Waals surface area contributed by atoms with Gasteiger partial charge in [-0.05, 0) is 37.4 Å². The molecule has 1 fully saturated rings. The number of piperidine rings is 1. The van der Waals surface area contributed by atoms with Crippen LogP contribution in [0.5, 0.6) is 0 Å². The number of rotatable bonds is 4. The summed E-state index contributed by atoms with van der Waals surface area (Å²) in [6, 6.07) is 7.99. The van der Waals surface area contributed by atoms with Crippen molar-refractivity contribution in [2.45, 2.75) is 32.3 Å². The van der Waals surface area contributed by atoms with Crippen LogP contribution < -0.4 is 5.73 Å². The van der Waals surface area contributed by atoms with E-state index in [4.69, 9.17) is 5.73 Å². The first-order chi connectivity index (χ1) is 8.70. The van der Waals surface area contributed by atoms with Crippen molar-refractivity contribution in [3.05, 3.63) is 29.8 Å². The van der Waals surface area contributed by atoms with Gasteiger partial charge >= 0.3 is 0 Å². The molecule has 3 heteroatoms. The van der Waals surface area contributed by atoms with Crippen LogP contribution >= 0.6 is 0 Å².